The van der Waals surface area contributed by atoms with E-state index in [4.69, 9.17) is 0 Å². The van der Waals surface area contributed by atoms with Crippen molar-refractivity contribution in [1.29, 1.82) is 0 Å². The van der Waals surface area contributed by atoms with E-state index >= 15 is 0 Å². The number of nitrogens with zero attached hydrogens (tertiary/aromatic N) is 2. The normalized spacial score (nSPS) is 13.7. The predicted octanol–water partition coefficient (Wildman–Crippen LogP) is 2.51. The third-order valence-electron chi connectivity index (χ3n) is 3.40. The average molecular weight is 270 g/mol. The molecule has 0 bridgehead atoms. The summed E-state index contributed by atoms with van der Waals surface area (Å²) < 4.78 is 0. The van der Waals surface area contributed by atoms with Crippen molar-refractivity contribution in [1.82, 2.24) is 20.4 Å². The van der Waals surface area contributed by atoms with Crippen LogP contribution in [0.5, 0.6) is 0 Å². The van der Waals surface area contributed by atoms with Crippen molar-refractivity contribution in [2.24, 2.45) is 0 Å². The quantitative estimate of drug-likeness (QED) is 0.880. The van der Waals surface area contributed by atoms with E-state index < -0.39 is 0 Å². The minimum absolute atomic E-state index is 0.0305. The van der Waals surface area contributed by atoms with Gasteiger partial charge in [-0.2, -0.15) is 5.10 Å². The Morgan fingerprint density at radius 1 is 1.30 bits per heavy atom. The topological polar surface area (TPSA) is 61.0 Å². The van der Waals surface area contributed by atoms with Gasteiger partial charge in [-0.3, -0.25) is 5.10 Å². The number of nitrogens with one attached hydrogen (secondary N) is 2. The molecule has 1 aromatic carbocycles. The highest BCUT2D eigenvalue weighted by Crippen LogP contribution is 2.30. The molecule has 0 spiro atoms. The van der Waals surface area contributed by atoms with Crippen LogP contribution in [0.3, 0.4) is 0 Å². The minimum atomic E-state index is -0.0305. The molecule has 0 saturated carbocycles. The van der Waals surface area contributed by atoms with Crippen molar-refractivity contribution in [3.63, 3.8) is 0 Å². The highest BCUT2D eigenvalue weighted by atomic mass is 16.2. The lowest BCUT2D eigenvalue weighted by Gasteiger charge is -2.18. The molecule has 2 heterocycles. The van der Waals surface area contributed by atoms with Crippen LogP contribution in [0.2, 0.25) is 0 Å². The fourth-order valence-corrected chi connectivity index (χ4v) is 2.46. The van der Waals surface area contributed by atoms with Gasteiger partial charge in [0.15, 0.2) is 0 Å². The minimum Gasteiger partial charge on any atom is -0.336 e. The fraction of sp³-hybridized carbons (Fsp3) is 0.333. The Kier molecular flexibility index (Phi) is 3.18. The van der Waals surface area contributed by atoms with Crippen LogP contribution in [0, 0.1) is 0 Å². The molecule has 104 valence electrons. The van der Waals surface area contributed by atoms with Crippen LogP contribution in [0.25, 0.3) is 11.3 Å². The first-order chi connectivity index (χ1) is 9.65. The van der Waals surface area contributed by atoms with Crippen molar-refractivity contribution in [2.45, 2.75) is 33.0 Å². The van der Waals surface area contributed by atoms with Crippen LogP contribution >= 0.6 is 0 Å². The maximum absolute atomic E-state index is 12.0. The second-order valence-corrected chi connectivity index (χ2v) is 5.35. The molecule has 0 aliphatic carbocycles. The summed E-state index contributed by atoms with van der Waals surface area (Å²) in [6, 6.07) is 10.2. The monoisotopic (exact) mass is 270 g/mol. The Balaban J connectivity index is 1.82. The van der Waals surface area contributed by atoms with Crippen LogP contribution in [0.1, 0.15) is 25.1 Å². The van der Waals surface area contributed by atoms with Crippen LogP contribution in [0.15, 0.2) is 30.3 Å². The van der Waals surface area contributed by atoms with Gasteiger partial charge >= 0.3 is 6.03 Å². The summed E-state index contributed by atoms with van der Waals surface area (Å²) in [5.41, 5.74) is 4.20. The number of hydrogen-bond acceptors (Lipinski definition) is 2. The summed E-state index contributed by atoms with van der Waals surface area (Å²) in [6.07, 6.45) is 0. The summed E-state index contributed by atoms with van der Waals surface area (Å²) in [4.78, 5) is 13.8. The molecule has 1 aliphatic rings. The number of H-pyrrole nitrogens is 1. The molecule has 2 aromatic rings. The number of aromatic amines is 1. The number of aromatic nitrogens is 2. The maximum atomic E-state index is 12.0. The zero-order valence-electron chi connectivity index (χ0n) is 11.7. The van der Waals surface area contributed by atoms with Crippen LogP contribution in [-0.4, -0.2) is 27.2 Å². The van der Waals surface area contributed by atoms with Crippen LogP contribution < -0.4 is 5.32 Å². The van der Waals surface area contributed by atoms with E-state index in [0.717, 1.165) is 22.5 Å². The number of amides is 2. The SMILES string of the molecule is CC(C)NC(=O)N1Cc2n[nH]c(-c3ccccc3)c2C1. The molecule has 1 aliphatic heterocycles. The van der Waals surface area contributed by atoms with Gasteiger partial charge in [0.1, 0.15) is 0 Å². The molecule has 20 heavy (non-hydrogen) atoms. The summed E-state index contributed by atoms with van der Waals surface area (Å²) in [6.45, 7) is 5.09. The molecule has 0 saturated heterocycles. The van der Waals surface area contributed by atoms with Gasteiger partial charge < -0.3 is 10.2 Å². The van der Waals surface area contributed by atoms with Gasteiger partial charge in [0.25, 0.3) is 0 Å². The van der Waals surface area contributed by atoms with Gasteiger partial charge in [0.05, 0.1) is 24.5 Å². The summed E-state index contributed by atoms with van der Waals surface area (Å²) in [7, 11) is 0. The van der Waals surface area contributed by atoms with Crippen LogP contribution in [0.4, 0.5) is 4.79 Å². The van der Waals surface area contributed by atoms with E-state index in [-0.39, 0.29) is 12.1 Å². The lowest BCUT2D eigenvalue weighted by atomic mass is 10.1. The second kappa shape index (κ2) is 5.00. The highest BCUT2D eigenvalue weighted by Gasteiger charge is 2.28. The van der Waals surface area contributed by atoms with Gasteiger partial charge in [0, 0.05) is 11.6 Å². The number of benzene rings is 1. The predicted molar refractivity (Wildman–Crippen MR) is 76.9 cm³/mol. The molecule has 0 atom stereocenters. The Labute approximate surface area is 118 Å². The number of urea groups is 1. The van der Waals surface area contributed by atoms with Gasteiger partial charge in [-0.25, -0.2) is 4.79 Å². The van der Waals surface area contributed by atoms with E-state index in [1.165, 1.54) is 0 Å². The average Bonchev–Trinajstić information content (AvgIpc) is 2.98. The smallest absolute Gasteiger partial charge is 0.318 e. The molecule has 1 aromatic heterocycles. The lowest BCUT2D eigenvalue weighted by Crippen LogP contribution is -2.40. The summed E-state index contributed by atoms with van der Waals surface area (Å²) >= 11 is 0. The molecule has 2 N–H and O–H groups in total. The van der Waals surface area contributed by atoms with E-state index in [0.29, 0.717) is 13.1 Å². The van der Waals surface area contributed by atoms with Crippen molar-refractivity contribution < 1.29 is 4.79 Å². The van der Waals surface area contributed by atoms with Crippen molar-refractivity contribution in [2.75, 3.05) is 0 Å². The third kappa shape index (κ3) is 2.27. The number of carbonyl (C=O) groups excluding carboxylic acids is 1. The van der Waals surface area contributed by atoms with E-state index in [9.17, 15) is 4.79 Å². The van der Waals surface area contributed by atoms with Gasteiger partial charge in [0.2, 0.25) is 0 Å². The van der Waals surface area contributed by atoms with Crippen LogP contribution in [-0.2, 0) is 13.1 Å². The molecular weight excluding hydrogens is 252 g/mol. The summed E-state index contributed by atoms with van der Waals surface area (Å²) in [5.74, 6) is 0. The summed E-state index contributed by atoms with van der Waals surface area (Å²) in [5, 5.41) is 10.3. The maximum Gasteiger partial charge on any atom is 0.318 e. The zero-order chi connectivity index (χ0) is 14.1. The third-order valence-corrected chi connectivity index (χ3v) is 3.40. The first kappa shape index (κ1) is 12.7. The fourth-order valence-electron chi connectivity index (χ4n) is 2.46. The zero-order valence-corrected chi connectivity index (χ0v) is 11.7. The Bertz CT molecular complexity index is 618. The highest BCUT2D eigenvalue weighted by molar-refractivity contribution is 5.76. The Morgan fingerprint density at radius 2 is 2.05 bits per heavy atom. The molecular formula is C15H18N4O. The van der Waals surface area contributed by atoms with Gasteiger partial charge in [-0.05, 0) is 19.4 Å². The molecule has 2 amide bonds. The van der Waals surface area contributed by atoms with Gasteiger partial charge in [-0.15, -0.1) is 0 Å². The van der Waals surface area contributed by atoms with Crippen molar-refractivity contribution in [3.05, 3.63) is 41.6 Å². The molecule has 5 heteroatoms. The van der Waals surface area contributed by atoms with Crippen molar-refractivity contribution in [3.8, 4) is 11.3 Å². The lowest BCUT2D eigenvalue weighted by molar-refractivity contribution is 0.195. The molecule has 3 rings (SSSR count). The molecule has 0 unspecified atom stereocenters. The number of fused-ring (bicyclic) bond motifs is 1. The van der Waals surface area contributed by atoms with E-state index in [1.807, 2.05) is 44.2 Å². The number of carbonyl (C=O) groups is 1. The Hall–Kier alpha value is -2.30. The van der Waals surface area contributed by atoms with Crippen molar-refractivity contribution >= 4 is 6.03 Å². The first-order valence-corrected chi connectivity index (χ1v) is 6.82. The Morgan fingerprint density at radius 3 is 2.75 bits per heavy atom. The largest absolute Gasteiger partial charge is 0.336 e. The molecule has 5 nitrogen and oxygen atoms in total. The van der Waals surface area contributed by atoms with E-state index in [1.54, 1.807) is 4.90 Å². The van der Waals surface area contributed by atoms with E-state index in [2.05, 4.69) is 15.5 Å². The molecule has 0 fully saturated rings. The number of rotatable bonds is 2. The van der Waals surface area contributed by atoms with Gasteiger partial charge in [-0.1, -0.05) is 30.3 Å². The second-order valence-electron chi connectivity index (χ2n) is 5.35. The number of hydrogen-bond donors (Lipinski definition) is 2. The molecule has 0 radical (unpaired) electrons. The standard InChI is InChI=1S/C15H18N4O/c1-10(2)16-15(20)19-8-12-13(9-19)17-18-14(12)11-6-4-3-5-7-11/h3-7,10H,8-9H2,1-2H3,(H,16,20)(H,17,18). The first-order valence-electron chi connectivity index (χ1n) is 6.82.